The van der Waals surface area contributed by atoms with Crippen molar-refractivity contribution in [1.82, 2.24) is 10.2 Å². The highest BCUT2D eigenvalue weighted by atomic mass is 32.1. The SMILES string of the molecule is [CH2]c1cccc(C(=O)Nc2nnc(CCCC)s2)c1. The van der Waals surface area contributed by atoms with E-state index in [2.05, 4.69) is 29.4 Å². The van der Waals surface area contributed by atoms with Crippen LogP contribution in [0.3, 0.4) is 0 Å². The predicted molar refractivity (Wildman–Crippen MR) is 77.4 cm³/mol. The summed E-state index contributed by atoms with van der Waals surface area (Å²) in [6.07, 6.45) is 3.13. The molecule has 99 valence electrons. The summed E-state index contributed by atoms with van der Waals surface area (Å²) in [5, 5.41) is 12.3. The number of unbranched alkanes of at least 4 members (excludes halogenated alkanes) is 1. The van der Waals surface area contributed by atoms with Crippen LogP contribution in [0.25, 0.3) is 0 Å². The van der Waals surface area contributed by atoms with Gasteiger partial charge in [0.2, 0.25) is 5.13 Å². The highest BCUT2D eigenvalue weighted by Crippen LogP contribution is 2.18. The first-order valence-electron chi connectivity index (χ1n) is 6.25. The van der Waals surface area contributed by atoms with Gasteiger partial charge in [0.05, 0.1) is 0 Å². The molecule has 0 aliphatic rings. The van der Waals surface area contributed by atoms with Crippen molar-refractivity contribution in [1.29, 1.82) is 0 Å². The third-order valence-electron chi connectivity index (χ3n) is 2.62. The average molecular weight is 274 g/mol. The van der Waals surface area contributed by atoms with E-state index in [0.29, 0.717) is 10.7 Å². The number of benzene rings is 1. The zero-order valence-corrected chi connectivity index (χ0v) is 11.7. The van der Waals surface area contributed by atoms with Gasteiger partial charge in [-0.2, -0.15) is 0 Å². The summed E-state index contributed by atoms with van der Waals surface area (Å²) in [5.41, 5.74) is 1.39. The van der Waals surface area contributed by atoms with Crippen molar-refractivity contribution in [3.05, 3.63) is 47.3 Å². The third-order valence-corrected chi connectivity index (χ3v) is 3.52. The Labute approximate surface area is 116 Å². The molecule has 0 aliphatic heterocycles. The minimum absolute atomic E-state index is 0.177. The van der Waals surface area contributed by atoms with E-state index in [1.165, 1.54) is 11.3 Å². The van der Waals surface area contributed by atoms with Crippen LogP contribution in [0.15, 0.2) is 24.3 Å². The van der Waals surface area contributed by atoms with Gasteiger partial charge in [-0.15, -0.1) is 10.2 Å². The summed E-state index contributed by atoms with van der Waals surface area (Å²) in [5.74, 6) is -0.177. The Bertz CT molecular complexity index is 565. The lowest BCUT2D eigenvalue weighted by molar-refractivity contribution is 0.102. The van der Waals surface area contributed by atoms with Crippen LogP contribution in [0.1, 0.15) is 40.7 Å². The molecular formula is C14H16N3OS. The van der Waals surface area contributed by atoms with Crippen molar-refractivity contribution in [2.75, 3.05) is 5.32 Å². The van der Waals surface area contributed by atoms with Crippen molar-refractivity contribution >= 4 is 22.4 Å². The van der Waals surface area contributed by atoms with Gasteiger partial charge in [-0.05, 0) is 31.0 Å². The van der Waals surface area contributed by atoms with Gasteiger partial charge in [0.15, 0.2) is 0 Å². The molecule has 1 amide bonds. The van der Waals surface area contributed by atoms with E-state index in [9.17, 15) is 4.79 Å². The minimum atomic E-state index is -0.177. The van der Waals surface area contributed by atoms with Crippen LogP contribution in [0.5, 0.6) is 0 Å². The second-order valence-corrected chi connectivity index (χ2v) is 5.32. The molecule has 1 N–H and O–H groups in total. The Kier molecular flexibility index (Phi) is 4.63. The summed E-state index contributed by atoms with van der Waals surface area (Å²) in [6.45, 7) is 5.94. The Morgan fingerprint density at radius 3 is 3.00 bits per heavy atom. The molecule has 0 saturated heterocycles. The highest BCUT2D eigenvalue weighted by Gasteiger charge is 2.10. The minimum Gasteiger partial charge on any atom is -0.296 e. The lowest BCUT2D eigenvalue weighted by Crippen LogP contribution is -2.11. The zero-order chi connectivity index (χ0) is 13.7. The molecule has 4 nitrogen and oxygen atoms in total. The fourth-order valence-corrected chi connectivity index (χ4v) is 2.39. The van der Waals surface area contributed by atoms with E-state index in [1.54, 1.807) is 12.1 Å². The largest absolute Gasteiger partial charge is 0.296 e. The molecule has 0 saturated carbocycles. The lowest BCUT2D eigenvalue weighted by atomic mass is 10.1. The maximum Gasteiger partial charge on any atom is 0.257 e. The molecule has 1 radical (unpaired) electrons. The number of amides is 1. The third kappa shape index (κ3) is 3.86. The quantitative estimate of drug-likeness (QED) is 0.910. The molecule has 0 atom stereocenters. The number of carbonyl (C=O) groups excluding carboxylic acids is 1. The van der Waals surface area contributed by atoms with Crippen molar-refractivity contribution < 1.29 is 4.79 Å². The van der Waals surface area contributed by atoms with E-state index >= 15 is 0 Å². The van der Waals surface area contributed by atoms with E-state index in [0.717, 1.165) is 29.8 Å². The maximum atomic E-state index is 12.0. The van der Waals surface area contributed by atoms with Crippen molar-refractivity contribution in [2.45, 2.75) is 26.2 Å². The van der Waals surface area contributed by atoms with Gasteiger partial charge >= 0.3 is 0 Å². The van der Waals surface area contributed by atoms with Crippen molar-refractivity contribution in [3.63, 3.8) is 0 Å². The first-order valence-corrected chi connectivity index (χ1v) is 7.06. The number of carbonyl (C=O) groups is 1. The highest BCUT2D eigenvalue weighted by molar-refractivity contribution is 7.15. The summed E-state index contributed by atoms with van der Waals surface area (Å²) >= 11 is 1.43. The molecule has 2 aromatic rings. The van der Waals surface area contributed by atoms with E-state index in [1.807, 2.05) is 12.1 Å². The topological polar surface area (TPSA) is 54.9 Å². The molecule has 0 bridgehead atoms. The summed E-state index contributed by atoms with van der Waals surface area (Å²) in [7, 11) is 0. The number of anilines is 1. The van der Waals surface area contributed by atoms with Gasteiger partial charge in [-0.25, -0.2) is 0 Å². The molecule has 1 aromatic heterocycles. The number of nitrogens with zero attached hydrogens (tertiary/aromatic N) is 2. The molecule has 1 heterocycles. The fraction of sp³-hybridized carbons (Fsp3) is 0.286. The summed E-state index contributed by atoms with van der Waals surface area (Å²) in [4.78, 5) is 12.0. The van der Waals surface area contributed by atoms with Crippen molar-refractivity contribution in [3.8, 4) is 0 Å². The summed E-state index contributed by atoms with van der Waals surface area (Å²) in [6, 6.07) is 7.16. The molecule has 0 aliphatic carbocycles. The lowest BCUT2D eigenvalue weighted by Gasteiger charge is -2.01. The van der Waals surface area contributed by atoms with Crippen LogP contribution in [-0.4, -0.2) is 16.1 Å². The number of rotatable bonds is 5. The Balaban J connectivity index is 2.00. The van der Waals surface area contributed by atoms with Gasteiger partial charge in [-0.3, -0.25) is 10.1 Å². The maximum absolute atomic E-state index is 12.0. The number of aryl methyl sites for hydroxylation is 1. The first kappa shape index (κ1) is 13.7. The van der Waals surface area contributed by atoms with Gasteiger partial charge in [0.1, 0.15) is 5.01 Å². The number of nitrogens with one attached hydrogen (secondary N) is 1. The first-order chi connectivity index (χ1) is 9.19. The Morgan fingerprint density at radius 1 is 1.42 bits per heavy atom. The van der Waals surface area contributed by atoms with Crippen LogP contribution in [0.2, 0.25) is 0 Å². The second-order valence-electron chi connectivity index (χ2n) is 4.26. The average Bonchev–Trinajstić information content (AvgIpc) is 2.84. The van der Waals surface area contributed by atoms with Crippen LogP contribution in [0.4, 0.5) is 5.13 Å². The van der Waals surface area contributed by atoms with Crippen LogP contribution in [-0.2, 0) is 6.42 Å². The molecule has 19 heavy (non-hydrogen) atoms. The molecular weight excluding hydrogens is 258 g/mol. The van der Waals surface area contributed by atoms with Crippen LogP contribution >= 0.6 is 11.3 Å². The Morgan fingerprint density at radius 2 is 2.26 bits per heavy atom. The fourth-order valence-electron chi connectivity index (χ4n) is 1.62. The Hall–Kier alpha value is -1.75. The standard InChI is InChI=1S/C14H16N3OS/c1-3-4-8-12-16-17-14(19-12)15-13(18)11-7-5-6-10(2)9-11/h5-7,9H,2-4,8H2,1H3,(H,15,17,18). The normalized spacial score (nSPS) is 10.4. The smallest absolute Gasteiger partial charge is 0.257 e. The van der Waals surface area contributed by atoms with Gasteiger partial charge in [-0.1, -0.05) is 36.8 Å². The molecule has 0 spiro atoms. The molecule has 2 rings (SSSR count). The molecule has 1 aromatic carbocycles. The van der Waals surface area contributed by atoms with Gasteiger partial charge < -0.3 is 0 Å². The predicted octanol–water partition coefficient (Wildman–Crippen LogP) is 3.32. The summed E-state index contributed by atoms with van der Waals surface area (Å²) < 4.78 is 0. The van der Waals surface area contributed by atoms with Crippen LogP contribution < -0.4 is 5.32 Å². The number of hydrogen-bond donors (Lipinski definition) is 1. The van der Waals surface area contributed by atoms with E-state index in [-0.39, 0.29) is 5.91 Å². The van der Waals surface area contributed by atoms with Gasteiger partial charge in [0, 0.05) is 12.0 Å². The van der Waals surface area contributed by atoms with Gasteiger partial charge in [0.25, 0.3) is 5.91 Å². The molecule has 5 heteroatoms. The monoisotopic (exact) mass is 274 g/mol. The molecule has 0 unspecified atom stereocenters. The van der Waals surface area contributed by atoms with Crippen molar-refractivity contribution in [2.24, 2.45) is 0 Å². The van der Waals surface area contributed by atoms with E-state index < -0.39 is 0 Å². The zero-order valence-electron chi connectivity index (χ0n) is 10.8. The number of hydrogen-bond acceptors (Lipinski definition) is 4. The molecule has 0 fully saturated rings. The number of aromatic nitrogens is 2. The van der Waals surface area contributed by atoms with E-state index in [4.69, 9.17) is 0 Å². The second kappa shape index (κ2) is 6.43. The van der Waals surface area contributed by atoms with Crippen LogP contribution in [0, 0.1) is 6.92 Å².